The molecule has 0 spiro atoms. The lowest BCUT2D eigenvalue weighted by atomic mass is 10.3. The van der Waals surface area contributed by atoms with Gasteiger partial charge in [-0.25, -0.2) is 4.68 Å². The standard InChI is InChI=1S/C10H13N3O2/c1-8-2-3-10(15-8)7-13-6-9(4-5-14)11-12-13/h2-3,6,14H,4-5,7H2,1H3. The second kappa shape index (κ2) is 4.27. The fourth-order valence-corrected chi connectivity index (χ4v) is 1.37. The third kappa shape index (κ3) is 2.44. The van der Waals surface area contributed by atoms with Crippen molar-refractivity contribution in [3.8, 4) is 0 Å². The summed E-state index contributed by atoms with van der Waals surface area (Å²) in [7, 11) is 0. The first-order valence-electron chi connectivity index (χ1n) is 4.83. The van der Waals surface area contributed by atoms with E-state index in [1.165, 1.54) is 0 Å². The highest BCUT2D eigenvalue weighted by Gasteiger charge is 2.03. The highest BCUT2D eigenvalue weighted by atomic mass is 16.3. The van der Waals surface area contributed by atoms with Gasteiger partial charge in [0.25, 0.3) is 0 Å². The Morgan fingerprint density at radius 3 is 3.00 bits per heavy atom. The van der Waals surface area contributed by atoms with E-state index in [2.05, 4.69) is 10.3 Å². The van der Waals surface area contributed by atoms with E-state index < -0.39 is 0 Å². The second-order valence-corrected chi connectivity index (χ2v) is 3.39. The lowest BCUT2D eigenvalue weighted by Gasteiger charge is -1.95. The summed E-state index contributed by atoms with van der Waals surface area (Å²) in [4.78, 5) is 0. The van der Waals surface area contributed by atoms with Crippen LogP contribution in [-0.2, 0) is 13.0 Å². The van der Waals surface area contributed by atoms with Crippen molar-refractivity contribution in [1.82, 2.24) is 15.0 Å². The largest absolute Gasteiger partial charge is 0.464 e. The molecule has 2 aromatic rings. The molecule has 0 bridgehead atoms. The number of furan rings is 1. The van der Waals surface area contributed by atoms with E-state index >= 15 is 0 Å². The topological polar surface area (TPSA) is 64.1 Å². The molecule has 2 rings (SSSR count). The SMILES string of the molecule is Cc1ccc(Cn2cc(CCO)nn2)o1. The van der Waals surface area contributed by atoms with E-state index in [4.69, 9.17) is 9.52 Å². The maximum atomic E-state index is 8.73. The molecule has 15 heavy (non-hydrogen) atoms. The summed E-state index contributed by atoms with van der Waals surface area (Å²) in [5.41, 5.74) is 0.792. The third-order valence-corrected chi connectivity index (χ3v) is 2.07. The molecule has 2 heterocycles. The number of aliphatic hydroxyl groups excluding tert-OH is 1. The van der Waals surface area contributed by atoms with E-state index in [0.717, 1.165) is 17.2 Å². The molecule has 0 fully saturated rings. The predicted molar refractivity (Wildman–Crippen MR) is 53.4 cm³/mol. The Hall–Kier alpha value is -1.62. The molecule has 0 aliphatic carbocycles. The van der Waals surface area contributed by atoms with Crippen molar-refractivity contribution >= 4 is 0 Å². The van der Waals surface area contributed by atoms with Gasteiger partial charge in [-0.1, -0.05) is 5.21 Å². The van der Waals surface area contributed by atoms with E-state index in [1.54, 1.807) is 4.68 Å². The number of rotatable bonds is 4. The van der Waals surface area contributed by atoms with Crippen LogP contribution in [0.3, 0.4) is 0 Å². The van der Waals surface area contributed by atoms with Gasteiger partial charge in [0.1, 0.15) is 18.1 Å². The van der Waals surface area contributed by atoms with Crippen LogP contribution in [0.2, 0.25) is 0 Å². The zero-order valence-electron chi connectivity index (χ0n) is 8.55. The Kier molecular flexibility index (Phi) is 2.82. The maximum Gasteiger partial charge on any atom is 0.125 e. The number of aromatic nitrogens is 3. The fraction of sp³-hybridized carbons (Fsp3) is 0.400. The van der Waals surface area contributed by atoms with Gasteiger partial charge in [-0.05, 0) is 19.1 Å². The molecule has 0 radical (unpaired) electrons. The van der Waals surface area contributed by atoms with Crippen LogP contribution in [0.5, 0.6) is 0 Å². The van der Waals surface area contributed by atoms with Crippen LogP contribution >= 0.6 is 0 Å². The molecule has 0 aliphatic heterocycles. The number of nitrogens with zero attached hydrogens (tertiary/aromatic N) is 3. The van der Waals surface area contributed by atoms with Gasteiger partial charge in [-0.2, -0.15) is 0 Å². The van der Waals surface area contributed by atoms with Crippen LogP contribution < -0.4 is 0 Å². The van der Waals surface area contributed by atoms with E-state index in [0.29, 0.717) is 13.0 Å². The first-order valence-corrected chi connectivity index (χ1v) is 4.83. The summed E-state index contributed by atoms with van der Waals surface area (Å²) in [6.07, 6.45) is 2.35. The monoisotopic (exact) mass is 207 g/mol. The molecule has 5 nitrogen and oxygen atoms in total. The van der Waals surface area contributed by atoms with Crippen molar-refractivity contribution in [2.24, 2.45) is 0 Å². The predicted octanol–water partition coefficient (Wildman–Crippen LogP) is 0.763. The lowest BCUT2D eigenvalue weighted by Crippen LogP contribution is -1.98. The summed E-state index contributed by atoms with van der Waals surface area (Å²) in [5.74, 6) is 1.74. The molecule has 5 heteroatoms. The Labute approximate surface area is 87.3 Å². The zero-order chi connectivity index (χ0) is 10.7. The maximum absolute atomic E-state index is 8.73. The van der Waals surface area contributed by atoms with Crippen LogP contribution in [0.4, 0.5) is 0 Å². The van der Waals surface area contributed by atoms with E-state index in [1.807, 2.05) is 25.3 Å². The number of aryl methyl sites for hydroxylation is 1. The van der Waals surface area contributed by atoms with Gasteiger partial charge in [-0.3, -0.25) is 0 Å². The van der Waals surface area contributed by atoms with Gasteiger partial charge in [-0.15, -0.1) is 5.10 Å². The third-order valence-electron chi connectivity index (χ3n) is 2.07. The normalized spacial score (nSPS) is 10.8. The van der Waals surface area contributed by atoms with Gasteiger partial charge in [0, 0.05) is 19.2 Å². The molecule has 0 saturated carbocycles. The molecular formula is C10H13N3O2. The first-order chi connectivity index (χ1) is 7.28. The Morgan fingerprint density at radius 2 is 2.33 bits per heavy atom. The van der Waals surface area contributed by atoms with Crippen molar-refractivity contribution in [2.45, 2.75) is 19.9 Å². The molecule has 1 N–H and O–H groups in total. The van der Waals surface area contributed by atoms with Gasteiger partial charge in [0.2, 0.25) is 0 Å². The number of hydrogen-bond acceptors (Lipinski definition) is 4. The van der Waals surface area contributed by atoms with Crippen molar-refractivity contribution in [3.05, 3.63) is 35.5 Å². The van der Waals surface area contributed by atoms with Gasteiger partial charge >= 0.3 is 0 Å². The smallest absolute Gasteiger partial charge is 0.125 e. The minimum Gasteiger partial charge on any atom is -0.464 e. The Balaban J connectivity index is 2.04. The quantitative estimate of drug-likeness (QED) is 0.804. The molecule has 0 amide bonds. The van der Waals surface area contributed by atoms with Crippen LogP contribution in [-0.4, -0.2) is 26.7 Å². The molecule has 0 unspecified atom stereocenters. The van der Waals surface area contributed by atoms with Crippen molar-refractivity contribution in [2.75, 3.05) is 6.61 Å². The zero-order valence-corrected chi connectivity index (χ0v) is 8.55. The van der Waals surface area contributed by atoms with E-state index in [-0.39, 0.29) is 6.61 Å². The van der Waals surface area contributed by atoms with E-state index in [9.17, 15) is 0 Å². The van der Waals surface area contributed by atoms with Crippen LogP contribution in [0.25, 0.3) is 0 Å². The molecule has 0 saturated heterocycles. The molecule has 80 valence electrons. The summed E-state index contributed by atoms with van der Waals surface area (Å²) >= 11 is 0. The molecule has 0 aromatic carbocycles. The van der Waals surface area contributed by atoms with Crippen molar-refractivity contribution < 1.29 is 9.52 Å². The number of hydrogen-bond donors (Lipinski definition) is 1. The average molecular weight is 207 g/mol. The van der Waals surface area contributed by atoms with Gasteiger partial charge in [0.15, 0.2) is 0 Å². The van der Waals surface area contributed by atoms with Gasteiger partial charge in [0.05, 0.1) is 5.69 Å². The first kappa shape index (κ1) is 9.92. The Bertz CT molecular complexity index is 433. The summed E-state index contributed by atoms with van der Waals surface area (Å²) in [5, 5.41) is 16.6. The number of aliphatic hydroxyl groups is 1. The molecule has 2 aromatic heterocycles. The average Bonchev–Trinajstić information content (AvgIpc) is 2.78. The summed E-state index contributed by atoms with van der Waals surface area (Å²) < 4.78 is 7.12. The lowest BCUT2D eigenvalue weighted by molar-refractivity contribution is 0.298. The highest BCUT2D eigenvalue weighted by Crippen LogP contribution is 2.07. The van der Waals surface area contributed by atoms with Crippen molar-refractivity contribution in [3.63, 3.8) is 0 Å². The molecular weight excluding hydrogens is 194 g/mol. The summed E-state index contributed by atoms with van der Waals surface area (Å²) in [6.45, 7) is 2.58. The fourth-order valence-electron chi connectivity index (χ4n) is 1.37. The molecule has 0 aliphatic rings. The molecule has 0 atom stereocenters. The van der Waals surface area contributed by atoms with Gasteiger partial charge < -0.3 is 9.52 Å². The van der Waals surface area contributed by atoms with Crippen molar-refractivity contribution in [1.29, 1.82) is 0 Å². The van der Waals surface area contributed by atoms with Crippen LogP contribution in [0.1, 0.15) is 17.2 Å². The Morgan fingerprint density at radius 1 is 1.47 bits per heavy atom. The van der Waals surface area contributed by atoms with Crippen LogP contribution in [0, 0.1) is 6.92 Å². The van der Waals surface area contributed by atoms with Crippen LogP contribution in [0.15, 0.2) is 22.7 Å². The minimum atomic E-state index is 0.0958. The minimum absolute atomic E-state index is 0.0958. The second-order valence-electron chi connectivity index (χ2n) is 3.39. The summed E-state index contributed by atoms with van der Waals surface area (Å²) in [6, 6.07) is 3.84. The highest BCUT2D eigenvalue weighted by molar-refractivity contribution is 5.06.